The second kappa shape index (κ2) is 6.44. The highest BCUT2D eigenvalue weighted by atomic mass is 35.5. The quantitative estimate of drug-likeness (QED) is 0.872. The molecule has 1 aromatic carbocycles. The van der Waals surface area contributed by atoms with Crippen LogP contribution < -0.4 is 0 Å². The van der Waals surface area contributed by atoms with Gasteiger partial charge in [-0.25, -0.2) is 0 Å². The normalized spacial score (nSPS) is 17.7. The molecule has 1 aromatic heterocycles. The molecule has 3 rings (SSSR count). The van der Waals surface area contributed by atoms with Crippen LogP contribution in [0.4, 0.5) is 0 Å². The summed E-state index contributed by atoms with van der Waals surface area (Å²) in [7, 11) is 0. The van der Waals surface area contributed by atoms with E-state index in [-0.39, 0.29) is 11.9 Å². The third-order valence-electron chi connectivity index (χ3n) is 3.98. The lowest BCUT2D eigenvalue weighted by molar-refractivity contribution is -0.129. The van der Waals surface area contributed by atoms with Crippen molar-refractivity contribution in [1.82, 2.24) is 14.9 Å². The predicted molar refractivity (Wildman–Crippen MR) is 85.7 cm³/mol. The smallest absolute Gasteiger partial charge is 0.220 e. The van der Waals surface area contributed by atoms with Crippen molar-refractivity contribution >= 4 is 17.5 Å². The molecule has 1 fully saturated rings. The van der Waals surface area contributed by atoms with Crippen molar-refractivity contribution in [3.63, 3.8) is 0 Å². The molecule has 2 heterocycles. The summed E-state index contributed by atoms with van der Waals surface area (Å²) >= 11 is 6.02. The van der Waals surface area contributed by atoms with Crippen LogP contribution in [-0.4, -0.2) is 27.3 Å². The van der Waals surface area contributed by atoms with E-state index in [1.54, 1.807) is 19.3 Å². The molecular weight excluding hydrogens is 298 g/mol. The number of halogens is 1. The van der Waals surface area contributed by atoms with E-state index in [2.05, 4.69) is 4.98 Å². The summed E-state index contributed by atoms with van der Waals surface area (Å²) in [4.78, 5) is 22.6. The van der Waals surface area contributed by atoms with Crippen molar-refractivity contribution in [2.75, 3.05) is 6.54 Å². The fourth-order valence-corrected chi connectivity index (χ4v) is 3.19. The molecule has 1 saturated heterocycles. The minimum absolute atomic E-state index is 0.0595. The second-order valence-corrected chi connectivity index (χ2v) is 6.05. The molecule has 0 bridgehead atoms. The van der Waals surface area contributed by atoms with E-state index in [0.29, 0.717) is 6.42 Å². The third kappa shape index (κ3) is 3.28. The first kappa shape index (κ1) is 15.0. The number of hydrogen-bond donors (Lipinski definition) is 0. The number of nitrogens with zero attached hydrogens (tertiary/aromatic N) is 3. The average molecular weight is 316 g/mol. The van der Waals surface area contributed by atoms with Gasteiger partial charge in [-0.2, -0.15) is 0 Å². The first-order valence-corrected chi connectivity index (χ1v) is 7.84. The van der Waals surface area contributed by atoms with Crippen LogP contribution in [0.2, 0.25) is 5.02 Å². The Kier molecular flexibility index (Phi) is 4.39. The molecule has 0 saturated carbocycles. The molecule has 0 aliphatic carbocycles. The van der Waals surface area contributed by atoms with Gasteiger partial charge in [0.1, 0.15) is 0 Å². The average Bonchev–Trinajstić information content (AvgIpc) is 2.97. The van der Waals surface area contributed by atoms with Gasteiger partial charge in [-0.05, 0) is 30.5 Å². The van der Waals surface area contributed by atoms with E-state index < -0.39 is 0 Å². The molecular formula is C17H18ClN3O. The lowest BCUT2D eigenvalue weighted by Gasteiger charge is -2.22. The van der Waals surface area contributed by atoms with Gasteiger partial charge in [0, 0.05) is 31.1 Å². The number of aromatic nitrogens is 2. The van der Waals surface area contributed by atoms with Crippen molar-refractivity contribution in [2.24, 2.45) is 0 Å². The number of carbonyl (C=O) groups excluding carboxylic acids is 1. The summed E-state index contributed by atoms with van der Waals surface area (Å²) in [6, 6.07) is 7.81. The van der Waals surface area contributed by atoms with E-state index in [9.17, 15) is 4.79 Å². The third-order valence-corrected chi connectivity index (χ3v) is 4.21. The lowest BCUT2D eigenvalue weighted by Crippen LogP contribution is -2.28. The molecule has 1 aliphatic heterocycles. The number of rotatable bonds is 3. The SMILES string of the molecule is CC(=O)N1CCC[C@H]1c1cncc(Cc2cccc(Cl)c2)n1. The molecule has 2 aromatic rings. The maximum Gasteiger partial charge on any atom is 0.220 e. The summed E-state index contributed by atoms with van der Waals surface area (Å²) in [6.45, 7) is 2.42. The minimum atomic E-state index is 0.0595. The monoisotopic (exact) mass is 315 g/mol. The van der Waals surface area contributed by atoms with Crippen molar-refractivity contribution < 1.29 is 4.79 Å². The van der Waals surface area contributed by atoms with Gasteiger partial charge < -0.3 is 4.90 Å². The lowest BCUT2D eigenvalue weighted by atomic mass is 10.1. The van der Waals surface area contributed by atoms with Crippen LogP contribution in [-0.2, 0) is 11.2 Å². The Balaban J connectivity index is 1.82. The highest BCUT2D eigenvalue weighted by molar-refractivity contribution is 6.30. The zero-order valence-electron chi connectivity index (χ0n) is 12.5. The Morgan fingerprint density at radius 2 is 2.27 bits per heavy atom. The first-order valence-electron chi connectivity index (χ1n) is 7.46. The maximum atomic E-state index is 11.7. The van der Waals surface area contributed by atoms with Gasteiger partial charge in [0.05, 0.1) is 23.6 Å². The van der Waals surface area contributed by atoms with Crippen LogP contribution in [0, 0.1) is 0 Å². The van der Waals surface area contributed by atoms with E-state index >= 15 is 0 Å². The summed E-state index contributed by atoms with van der Waals surface area (Å²) in [6.07, 6.45) is 6.21. The topological polar surface area (TPSA) is 46.1 Å². The number of hydrogen-bond acceptors (Lipinski definition) is 3. The van der Waals surface area contributed by atoms with E-state index in [1.165, 1.54) is 0 Å². The number of benzene rings is 1. The molecule has 4 nitrogen and oxygen atoms in total. The van der Waals surface area contributed by atoms with E-state index in [4.69, 9.17) is 16.6 Å². The van der Waals surface area contributed by atoms with Crippen LogP contribution >= 0.6 is 11.6 Å². The zero-order chi connectivity index (χ0) is 15.5. The summed E-state index contributed by atoms with van der Waals surface area (Å²) < 4.78 is 0. The summed E-state index contributed by atoms with van der Waals surface area (Å²) in [5, 5.41) is 0.722. The molecule has 0 radical (unpaired) electrons. The second-order valence-electron chi connectivity index (χ2n) is 5.61. The molecule has 1 atom stereocenters. The van der Waals surface area contributed by atoms with Crippen molar-refractivity contribution in [2.45, 2.75) is 32.2 Å². The summed E-state index contributed by atoms with van der Waals surface area (Å²) in [5.74, 6) is 0.101. The van der Waals surface area contributed by atoms with Crippen LogP contribution in [0.5, 0.6) is 0 Å². The fraction of sp³-hybridized carbons (Fsp3) is 0.353. The maximum absolute atomic E-state index is 11.7. The standard InChI is InChI=1S/C17H18ClN3O/c1-12(22)21-7-3-6-17(21)16-11-19-10-15(20-16)9-13-4-2-5-14(18)8-13/h2,4-5,8,10-11,17H,3,6-7,9H2,1H3/t17-/m0/s1. The predicted octanol–water partition coefficient (Wildman–Crippen LogP) is 3.40. The Morgan fingerprint density at radius 3 is 3.05 bits per heavy atom. The Morgan fingerprint density at radius 1 is 1.41 bits per heavy atom. The highest BCUT2D eigenvalue weighted by Crippen LogP contribution is 2.30. The zero-order valence-corrected chi connectivity index (χ0v) is 13.3. The van der Waals surface area contributed by atoms with Gasteiger partial charge in [-0.1, -0.05) is 23.7 Å². The van der Waals surface area contributed by atoms with Crippen LogP contribution in [0.3, 0.4) is 0 Å². The van der Waals surface area contributed by atoms with Crippen molar-refractivity contribution in [3.05, 3.63) is 58.6 Å². The molecule has 5 heteroatoms. The summed E-state index contributed by atoms with van der Waals surface area (Å²) in [5.41, 5.74) is 2.89. The van der Waals surface area contributed by atoms with E-state index in [1.807, 2.05) is 29.2 Å². The molecule has 114 valence electrons. The molecule has 0 spiro atoms. The minimum Gasteiger partial charge on any atom is -0.334 e. The number of carbonyl (C=O) groups is 1. The van der Waals surface area contributed by atoms with Crippen molar-refractivity contribution in [1.29, 1.82) is 0 Å². The highest BCUT2D eigenvalue weighted by Gasteiger charge is 2.29. The van der Waals surface area contributed by atoms with Crippen LogP contribution in [0.1, 0.15) is 42.8 Å². The molecule has 0 N–H and O–H groups in total. The van der Waals surface area contributed by atoms with Crippen molar-refractivity contribution in [3.8, 4) is 0 Å². The largest absolute Gasteiger partial charge is 0.334 e. The Bertz CT molecular complexity index is 689. The van der Waals surface area contributed by atoms with E-state index in [0.717, 1.165) is 41.4 Å². The van der Waals surface area contributed by atoms with Gasteiger partial charge in [0.25, 0.3) is 0 Å². The number of likely N-dealkylation sites (tertiary alicyclic amines) is 1. The Labute approximate surface area is 135 Å². The first-order chi connectivity index (χ1) is 10.6. The van der Waals surface area contributed by atoms with Crippen LogP contribution in [0.25, 0.3) is 0 Å². The van der Waals surface area contributed by atoms with Gasteiger partial charge in [-0.3, -0.25) is 14.8 Å². The number of amides is 1. The Hall–Kier alpha value is -1.94. The molecule has 1 aliphatic rings. The molecule has 22 heavy (non-hydrogen) atoms. The van der Waals surface area contributed by atoms with Gasteiger partial charge in [0.2, 0.25) is 5.91 Å². The van der Waals surface area contributed by atoms with Crippen LogP contribution in [0.15, 0.2) is 36.7 Å². The van der Waals surface area contributed by atoms with Gasteiger partial charge in [-0.15, -0.1) is 0 Å². The van der Waals surface area contributed by atoms with Gasteiger partial charge in [0.15, 0.2) is 0 Å². The molecule has 0 unspecified atom stereocenters. The van der Waals surface area contributed by atoms with Gasteiger partial charge >= 0.3 is 0 Å². The molecule has 1 amide bonds. The fourth-order valence-electron chi connectivity index (χ4n) is 2.98.